The van der Waals surface area contributed by atoms with Gasteiger partial charge in [0.2, 0.25) is 5.90 Å². The third-order valence-corrected chi connectivity index (χ3v) is 2.46. The summed E-state index contributed by atoms with van der Waals surface area (Å²) in [6.45, 7) is 4.03. The van der Waals surface area contributed by atoms with Crippen LogP contribution in [0.3, 0.4) is 0 Å². The molecule has 2 nitrogen and oxygen atoms in total. The molecule has 3 heteroatoms. The first-order valence-electron chi connectivity index (χ1n) is 3.35. The van der Waals surface area contributed by atoms with Gasteiger partial charge >= 0.3 is 0 Å². The molecule has 0 saturated heterocycles. The molecule has 0 amide bonds. The molecule has 1 N–H and O–H groups in total. The lowest BCUT2D eigenvalue weighted by atomic mass is 10.2. The van der Waals surface area contributed by atoms with E-state index in [0.717, 1.165) is 10.4 Å². The first-order valence-corrected chi connectivity index (χ1v) is 4.16. The Morgan fingerprint density at radius 2 is 2.18 bits per heavy atom. The molecular weight excluding hydrogens is 158 g/mol. The van der Waals surface area contributed by atoms with Crippen LogP contribution in [0.4, 0.5) is 0 Å². The fourth-order valence-electron chi connectivity index (χ4n) is 0.966. The minimum absolute atomic E-state index is 0.256. The second-order valence-electron chi connectivity index (χ2n) is 2.36. The predicted octanol–water partition coefficient (Wildman–Crippen LogP) is 2.34. The van der Waals surface area contributed by atoms with Gasteiger partial charge in [-0.3, -0.25) is 5.41 Å². The number of hydrogen-bond donors (Lipinski definition) is 1. The molecule has 1 aromatic heterocycles. The van der Waals surface area contributed by atoms with E-state index in [2.05, 4.69) is 0 Å². The number of nitrogens with one attached hydrogen (secondary N) is 1. The lowest BCUT2D eigenvalue weighted by molar-refractivity contribution is 0.401. The van der Waals surface area contributed by atoms with E-state index in [1.54, 1.807) is 11.3 Å². The predicted molar refractivity (Wildman–Crippen MR) is 47.6 cm³/mol. The molecule has 0 radical (unpaired) electrons. The first-order chi connectivity index (χ1) is 5.15. The lowest BCUT2D eigenvalue weighted by Crippen LogP contribution is -2.00. The zero-order valence-corrected chi connectivity index (χ0v) is 7.71. The maximum absolute atomic E-state index is 7.42. The zero-order valence-electron chi connectivity index (χ0n) is 6.89. The van der Waals surface area contributed by atoms with Crippen LogP contribution in [0.5, 0.6) is 0 Å². The quantitative estimate of drug-likeness (QED) is 0.508. The summed E-state index contributed by atoms with van der Waals surface area (Å²) in [7, 11) is 1.52. The van der Waals surface area contributed by atoms with E-state index in [4.69, 9.17) is 10.1 Å². The topological polar surface area (TPSA) is 33.1 Å². The molecule has 1 heterocycles. The average Bonchev–Trinajstić information content (AvgIpc) is 2.28. The van der Waals surface area contributed by atoms with E-state index in [1.807, 2.05) is 19.9 Å². The van der Waals surface area contributed by atoms with E-state index in [1.165, 1.54) is 12.0 Å². The van der Waals surface area contributed by atoms with Gasteiger partial charge in [0.15, 0.2) is 0 Å². The number of hydrogen-bond acceptors (Lipinski definition) is 3. The van der Waals surface area contributed by atoms with Crippen molar-refractivity contribution in [3.05, 3.63) is 21.4 Å². The first kappa shape index (κ1) is 8.27. The van der Waals surface area contributed by atoms with E-state index in [9.17, 15) is 0 Å². The normalized spacial score (nSPS) is 9.73. The minimum atomic E-state index is 0.256. The second kappa shape index (κ2) is 3.05. The molecule has 0 atom stereocenters. The molecule has 0 aliphatic heterocycles. The fraction of sp³-hybridized carbons (Fsp3) is 0.375. The fourth-order valence-corrected chi connectivity index (χ4v) is 1.89. The van der Waals surface area contributed by atoms with Gasteiger partial charge in [0.1, 0.15) is 0 Å². The molecule has 60 valence electrons. The van der Waals surface area contributed by atoms with Crippen molar-refractivity contribution in [3.8, 4) is 0 Å². The highest BCUT2D eigenvalue weighted by Crippen LogP contribution is 2.20. The number of rotatable bonds is 1. The van der Waals surface area contributed by atoms with Crippen molar-refractivity contribution in [2.24, 2.45) is 0 Å². The molecule has 0 aliphatic rings. The van der Waals surface area contributed by atoms with Crippen LogP contribution in [-0.2, 0) is 4.74 Å². The van der Waals surface area contributed by atoms with Crippen LogP contribution in [0.1, 0.15) is 15.3 Å². The van der Waals surface area contributed by atoms with Gasteiger partial charge in [-0.2, -0.15) is 0 Å². The van der Waals surface area contributed by atoms with Crippen LogP contribution < -0.4 is 0 Å². The molecule has 0 aromatic carbocycles. The zero-order chi connectivity index (χ0) is 8.43. The van der Waals surface area contributed by atoms with Crippen molar-refractivity contribution >= 4 is 17.2 Å². The Balaban J connectivity index is 3.03. The Labute approximate surface area is 70.3 Å². The second-order valence-corrected chi connectivity index (χ2v) is 3.82. The standard InChI is InChI=1S/C8H11NOS/c1-5-4-7(6(2)11-5)8(9)10-3/h4,9H,1-3H3. The van der Waals surface area contributed by atoms with Crippen molar-refractivity contribution in [2.75, 3.05) is 7.11 Å². The molecule has 0 bridgehead atoms. The van der Waals surface area contributed by atoms with Crippen molar-refractivity contribution in [1.82, 2.24) is 0 Å². The molecule has 0 fully saturated rings. The Kier molecular flexibility index (Phi) is 2.29. The third kappa shape index (κ3) is 1.60. The van der Waals surface area contributed by atoms with Gasteiger partial charge < -0.3 is 4.74 Å². The molecule has 1 rings (SSSR count). The van der Waals surface area contributed by atoms with Crippen molar-refractivity contribution < 1.29 is 4.74 Å². The summed E-state index contributed by atoms with van der Waals surface area (Å²) in [5.74, 6) is 0.256. The Morgan fingerprint density at radius 1 is 1.55 bits per heavy atom. The lowest BCUT2D eigenvalue weighted by Gasteiger charge is -1.98. The molecule has 0 spiro atoms. The molecule has 0 unspecified atom stereocenters. The van der Waals surface area contributed by atoms with Gasteiger partial charge in [-0.05, 0) is 19.9 Å². The van der Waals surface area contributed by atoms with E-state index in [-0.39, 0.29) is 5.90 Å². The van der Waals surface area contributed by atoms with Gasteiger partial charge in [0, 0.05) is 15.3 Å². The summed E-state index contributed by atoms with van der Waals surface area (Å²) < 4.78 is 4.82. The number of methoxy groups -OCH3 is 1. The highest BCUT2D eigenvalue weighted by atomic mass is 32.1. The highest BCUT2D eigenvalue weighted by molar-refractivity contribution is 7.12. The molecule has 11 heavy (non-hydrogen) atoms. The molecule has 0 aliphatic carbocycles. The summed E-state index contributed by atoms with van der Waals surface area (Å²) in [6.07, 6.45) is 0. The van der Waals surface area contributed by atoms with E-state index in [0.29, 0.717) is 0 Å². The summed E-state index contributed by atoms with van der Waals surface area (Å²) >= 11 is 1.69. The van der Waals surface area contributed by atoms with Crippen LogP contribution in [0.2, 0.25) is 0 Å². The number of thiophene rings is 1. The monoisotopic (exact) mass is 169 g/mol. The van der Waals surface area contributed by atoms with Crippen molar-refractivity contribution in [1.29, 1.82) is 5.41 Å². The summed E-state index contributed by atoms with van der Waals surface area (Å²) in [5.41, 5.74) is 0.912. The van der Waals surface area contributed by atoms with Crippen LogP contribution in [0, 0.1) is 19.3 Å². The Morgan fingerprint density at radius 3 is 2.55 bits per heavy atom. The maximum atomic E-state index is 7.42. The molecule has 0 saturated carbocycles. The van der Waals surface area contributed by atoms with Crippen LogP contribution >= 0.6 is 11.3 Å². The summed E-state index contributed by atoms with van der Waals surface area (Å²) in [6, 6.07) is 1.98. The van der Waals surface area contributed by atoms with E-state index >= 15 is 0 Å². The summed E-state index contributed by atoms with van der Waals surface area (Å²) in [4.78, 5) is 2.37. The minimum Gasteiger partial charge on any atom is -0.481 e. The van der Waals surface area contributed by atoms with Gasteiger partial charge in [0.05, 0.1) is 7.11 Å². The summed E-state index contributed by atoms with van der Waals surface area (Å²) in [5, 5.41) is 7.42. The Bertz CT molecular complexity index is 278. The average molecular weight is 169 g/mol. The van der Waals surface area contributed by atoms with Crippen LogP contribution in [0.25, 0.3) is 0 Å². The smallest absolute Gasteiger partial charge is 0.214 e. The van der Waals surface area contributed by atoms with Gasteiger partial charge in [-0.25, -0.2) is 0 Å². The third-order valence-electron chi connectivity index (χ3n) is 1.49. The SMILES string of the molecule is COC(=N)c1cc(C)sc1C. The molecular formula is C8H11NOS. The number of aryl methyl sites for hydroxylation is 2. The van der Waals surface area contributed by atoms with Gasteiger partial charge in [-0.1, -0.05) is 0 Å². The number of ether oxygens (including phenoxy) is 1. The molecule has 1 aromatic rings. The van der Waals surface area contributed by atoms with Crippen molar-refractivity contribution in [3.63, 3.8) is 0 Å². The van der Waals surface area contributed by atoms with Crippen LogP contribution in [0.15, 0.2) is 6.07 Å². The van der Waals surface area contributed by atoms with E-state index < -0.39 is 0 Å². The largest absolute Gasteiger partial charge is 0.481 e. The van der Waals surface area contributed by atoms with Gasteiger partial charge in [0.25, 0.3) is 0 Å². The van der Waals surface area contributed by atoms with Crippen molar-refractivity contribution in [2.45, 2.75) is 13.8 Å². The van der Waals surface area contributed by atoms with Crippen LogP contribution in [-0.4, -0.2) is 13.0 Å². The highest BCUT2D eigenvalue weighted by Gasteiger charge is 2.07. The van der Waals surface area contributed by atoms with Gasteiger partial charge in [-0.15, -0.1) is 11.3 Å². The maximum Gasteiger partial charge on any atom is 0.214 e. The Hall–Kier alpha value is -0.830.